The van der Waals surface area contributed by atoms with Gasteiger partial charge in [0.2, 0.25) is 5.91 Å². The first-order chi connectivity index (χ1) is 9.91. The van der Waals surface area contributed by atoms with Crippen molar-refractivity contribution in [2.24, 2.45) is 0 Å². The van der Waals surface area contributed by atoms with Crippen molar-refractivity contribution in [1.82, 2.24) is 14.8 Å². The molecule has 0 fully saturated rings. The van der Waals surface area contributed by atoms with Crippen LogP contribution in [0.4, 0.5) is 0 Å². The molecular weight excluding hydrogens is 266 g/mol. The van der Waals surface area contributed by atoms with E-state index in [0.29, 0.717) is 5.56 Å². The number of aromatic amines is 1. The minimum atomic E-state index is -0.354. The Morgan fingerprint density at radius 1 is 1.19 bits per heavy atom. The minimum Gasteiger partial charge on any atom is -0.360 e. The van der Waals surface area contributed by atoms with Gasteiger partial charge in [0, 0.05) is 36.8 Å². The maximum atomic E-state index is 12.6. The normalized spacial score (nSPS) is 12.6. The van der Waals surface area contributed by atoms with E-state index in [-0.39, 0.29) is 24.3 Å². The standard InChI is InChI=1S/C16H21N3O2/c1-11(19(4)10-15(20)18(2)3)16(21)13-9-17-14-8-6-5-7-12(13)14/h5-9,11,17H,10H2,1-4H3/t11-/m0/s1. The Kier molecular flexibility index (Phi) is 4.43. The molecule has 1 aromatic heterocycles. The van der Waals surface area contributed by atoms with Crippen LogP contribution in [-0.4, -0.2) is 60.2 Å². The van der Waals surface area contributed by atoms with Gasteiger partial charge in [0.25, 0.3) is 0 Å². The minimum absolute atomic E-state index is 0.0153. The molecule has 5 nitrogen and oxygen atoms in total. The fourth-order valence-corrected chi connectivity index (χ4v) is 2.19. The number of nitrogens with one attached hydrogen (secondary N) is 1. The number of nitrogens with zero attached hydrogens (tertiary/aromatic N) is 2. The van der Waals surface area contributed by atoms with Gasteiger partial charge in [0.1, 0.15) is 0 Å². The maximum Gasteiger partial charge on any atom is 0.236 e. The number of amides is 1. The van der Waals surface area contributed by atoms with E-state index in [1.165, 1.54) is 4.90 Å². The molecule has 0 aliphatic rings. The van der Waals surface area contributed by atoms with E-state index in [0.717, 1.165) is 10.9 Å². The van der Waals surface area contributed by atoms with Gasteiger partial charge >= 0.3 is 0 Å². The van der Waals surface area contributed by atoms with Crippen molar-refractivity contribution in [3.05, 3.63) is 36.0 Å². The summed E-state index contributed by atoms with van der Waals surface area (Å²) in [5, 5.41) is 0.918. The summed E-state index contributed by atoms with van der Waals surface area (Å²) in [6.07, 6.45) is 1.74. The third-order valence-electron chi connectivity index (χ3n) is 3.78. The van der Waals surface area contributed by atoms with E-state index < -0.39 is 0 Å². The summed E-state index contributed by atoms with van der Waals surface area (Å²) in [7, 11) is 5.21. The summed E-state index contributed by atoms with van der Waals surface area (Å²) >= 11 is 0. The largest absolute Gasteiger partial charge is 0.360 e. The Morgan fingerprint density at radius 2 is 1.86 bits per heavy atom. The lowest BCUT2D eigenvalue weighted by Crippen LogP contribution is -2.42. The van der Waals surface area contributed by atoms with Crippen molar-refractivity contribution in [3.63, 3.8) is 0 Å². The lowest BCUT2D eigenvalue weighted by atomic mass is 10.0. The molecule has 2 aromatic rings. The van der Waals surface area contributed by atoms with Crippen LogP contribution in [0.25, 0.3) is 10.9 Å². The number of aromatic nitrogens is 1. The van der Waals surface area contributed by atoms with Gasteiger partial charge in [-0.05, 0) is 20.0 Å². The van der Waals surface area contributed by atoms with Crippen molar-refractivity contribution in [2.45, 2.75) is 13.0 Å². The number of carbonyl (C=O) groups is 2. The van der Waals surface area contributed by atoms with Gasteiger partial charge in [-0.1, -0.05) is 18.2 Å². The molecule has 0 aliphatic heterocycles. The van der Waals surface area contributed by atoms with Crippen molar-refractivity contribution in [1.29, 1.82) is 0 Å². The molecule has 0 saturated carbocycles. The average molecular weight is 287 g/mol. The molecule has 1 atom stereocenters. The van der Waals surface area contributed by atoms with Crippen molar-refractivity contribution in [3.8, 4) is 0 Å². The van der Waals surface area contributed by atoms with E-state index in [2.05, 4.69) is 4.98 Å². The zero-order chi connectivity index (χ0) is 15.6. The fraction of sp³-hybridized carbons (Fsp3) is 0.375. The molecular formula is C16H21N3O2. The van der Waals surface area contributed by atoms with E-state index in [1.807, 2.05) is 31.2 Å². The lowest BCUT2D eigenvalue weighted by Gasteiger charge is -2.24. The van der Waals surface area contributed by atoms with Gasteiger partial charge in [0.05, 0.1) is 12.6 Å². The van der Waals surface area contributed by atoms with Crippen molar-refractivity contribution in [2.75, 3.05) is 27.7 Å². The molecule has 21 heavy (non-hydrogen) atoms. The number of Topliss-reactive ketones (excluding diaryl/α,β-unsaturated/α-hetero) is 1. The summed E-state index contributed by atoms with van der Waals surface area (Å²) in [6, 6.07) is 7.36. The number of rotatable bonds is 5. The third-order valence-corrected chi connectivity index (χ3v) is 3.78. The summed E-state index contributed by atoms with van der Waals surface area (Å²) < 4.78 is 0. The number of H-pyrrole nitrogens is 1. The SMILES string of the molecule is C[C@@H](C(=O)c1c[nH]c2ccccc12)N(C)CC(=O)N(C)C. The second-order valence-corrected chi connectivity index (χ2v) is 5.49. The highest BCUT2D eigenvalue weighted by Crippen LogP contribution is 2.20. The molecule has 1 amide bonds. The fourth-order valence-electron chi connectivity index (χ4n) is 2.19. The van der Waals surface area contributed by atoms with Crippen LogP contribution in [0.3, 0.4) is 0 Å². The van der Waals surface area contributed by atoms with E-state index in [4.69, 9.17) is 0 Å². The zero-order valence-corrected chi connectivity index (χ0v) is 12.9. The average Bonchev–Trinajstić information content (AvgIpc) is 2.89. The number of para-hydroxylation sites is 1. The molecule has 5 heteroatoms. The number of carbonyl (C=O) groups excluding carboxylic acids is 2. The lowest BCUT2D eigenvalue weighted by molar-refractivity contribution is -0.129. The van der Waals surface area contributed by atoms with Crippen LogP contribution >= 0.6 is 0 Å². The molecule has 0 bridgehead atoms. The highest BCUT2D eigenvalue weighted by Gasteiger charge is 2.23. The smallest absolute Gasteiger partial charge is 0.236 e. The van der Waals surface area contributed by atoms with Crippen molar-refractivity contribution >= 4 is 22.6 Å². The van der Waals surface area contributed by atoms with Crippen LogP contribution in [-0.2, 0) is 4.79 Å². The maximum absolute atomic E-state index is 12.6. The monoisotopic (exact) mass is 287 g/mol. The Hall–Kier alpha value is -2.14. The molecule has 0 unspecified atom stereocenters. The Labute approximate surface area is 124 Å². The van der Waals surface area contributed by atoms with E-state index >= 15 is 0 Å². The number of ketones is 1. The van der Waals surface area contributed by atoms with Gasteiger partial charge in [-0.15, -0.1) is 0 Å². The van der Waals surface area contributed by atoms with Crippen LogP contribution in [0.15, 0.2) is 30.5 Å². The van der Waals surface area contributed by atoms with Crippen LogP contribution in [0.1, 0.15) is 17.3 Å². The molecule has 2 rings (SSSR count). The third kappa shape index (κ3) is 3.13. The molecule has 1 heterocycles. The number of hydrogen-bond acceptors (Lipinski definition) is 3. The Balaban J connectivity index is 2.17. The number of hydrogen-bond donors (Lipinski definition) is 1. The summed E-state index contributed by atoms with van der Waals surface area (Å²) in [5.41, 5.74) is 1.61. The quantitative estimate of drug-likeness (QED) is 0.853. The number of benzene rings is 1. The van der Waals surface area contributed by atoms with Crippen LogP contribution in [0.5, 0.6) is 0 Å². The van der Waals surface area contributed by atoms with Crippen LogP contribution in [0, 0.1) is 0 Å². The summed E-state index contributed by atoms with van der Waals surface area (Å²) in [5.74, 6) is -0.00224. The van der Waals surface area contributed by atoms with E-state index in [9.17, 15) is 9.59 Å². The molecule has 1 aromatic carbocycles. The van der Waals surface area contributed by atoms with E-state index in [1.54, 1.807) is 32.2 Å². The van der Waals surface area contributed by atoms with Gasteiger partial charge < -0.3 is 9.88 Å². The molecule has 1 N–H and O–H groups in total. The first-order valence-corrected chi connectivity index (χ1v) is 6.92. The van der Waals surface area contributed by atoms with Crippen LogP contribution in [0.2, 0.25) is 0 Å². The van der Waals surface area contributed by atoms with Crippen LogP contribution < -0.4 is 0 Å². The molecule has 0 saturated heterocycles. The predicted octanol–water partition coefficient (Wildman–Crippen LogP) is 1.76. The molecule has 112 valence electrons. The first-order valence-electron chi connectivity index (χ1n) is 6.92. The highest BCUT2D eigenvalue weighted by molar-refractivity contribution is 6.10. The number of fused-ring (bicyclic) bond motifs is 1. The van der Waals surface area contributed by atoms with Gasteiger partial charge in [0.15, 0.2) is 5.78 Å². The second-order valence-electron chi connectivity index (χ2n) is 5.49. The molecule has 0 spiro atoms. The number of likely N-dealkylation sites (N-methyl/N-ethyl adjacent to an activating group) is 2. The second kappa shape index (κ2) is 6.10. The Morgan fingerprint density at radius 3 is 2.52 bits per heavy atom. The zero-order valence-electron chi connectivity index (χ0n) is 12.9. The van der Waals surface area contributed by atoms with Gasteiger partial charge in [-0.3, -0.25) is 14.5 Å². The first kappa shape index (κ1) is 15.3. The van der Waals surface area contributed by atoms with Crippen molar-refractivity contribution < 1.29 is 9.59 Å². The predicted molar refractivity (Wildman–Crippen MR) is 83.4 cm³/mol. The van der Waals surface area contributed by atoms with Gasteiger partial charge in [-0.2, -0.15) is 0 Å². The molecule has 0 radical (unpaired) electrons. The Bertz CT molecular complexity index is 660. The summed E-state index contributed by atoms with van der Waals surface area (Å²) in [6.45, 7) is 2.05. The highest BCUT2D eigenvalue weighted by atomic mass is 16.2. The topological polar surface area (TPSA) is 56.4 Å². The molecule has 0 aliphatic carbocycles. The van der Waals surface area contributed by atoms with Gasteiger partial charge in [-0.25, -0.2) is 0 Å². The summed E-state index contributed by atoms with van der Waals surface area (Å²) in [4.78, 5) is 30.8.